The fourth-order valence-corrected chi connectivity index (χ4v) is 4.80. The van der Waals surface area contributed by atoms with Gasteiger partial charge in [0.1, 0.15) is 0 Å². The van der Waals surface area contributed by atoms with Crippen LogP contribution in [0.15, 0.2) is 24.3 Å². The molecule has 4 nitrogen and oxygen atoms in total. The molecule has 5 heteroatoms. The average molecular weight is 391 g/mol. The summed E-state index contributed by atoms with van der Waals surface area (Å²) in [6.07, 6.45) is 7.59. The lowest BCUT2D eigenvalue weighted by Crippen LogP contribution is -2.51. The van der Waals surface area contributed by atoms with Crippen LogP contribution in [-0.2, 0) is 15.0 Å². The number of carbonyl (C=O) groups is 2. The van der Waals surface area contributed by atoms with E-state index in [-0.39, 0.29) is 17.7 Å². The van der Waals surface area contributed by atoms with E-state index in [1.54, 1.807) is 0 Å². The molecule has 0 spiro atoms. The summed E-state index contributed by atoms with van der Waals surface area (Å²) in [5.41, 5.74) is 0.614. The van der Waals surface area contributed by atoms with Crippen LogP contribution in [0, 0.1) is 5.92 Å². The minimum atomic E-state index is -0.444. The number of nitrogens with zero attached hydrogens (tertiary/aromatic N) is 1. The molecule has 3 rings (SSSR count). The summed E-state index contributed by atoms with van der Waals surface area (Å²) in [6, 6.07) is 7.84. The number of hydrogen-bond acceptors (Lipinski definition) is 2. The average Bonchev–Trinajstić information content (AvgIpc) is 2.72. The second-order valence-electron chi connectivity index (χ2n) is 8.01. The Morgan fingerprint density at radius 2 is 1.89 bits per heavy atom. The summed E-state index contributed by atoms with van der Waals surface area (Å²) < 4.78 is 0. The topological polar surface area (TPSA) is 49.4 Å². The lowest BCUT2D eigenvalue weighted by molar-refractivity contribution is -0.142. The molecule has 0 radical (unpaired) electrons. The van der Waals surface area contributed by atoms with Gasteiger partial charge in [-0.15, -0.1) is 0 Å². The van der Waals surface area contributed by atoms with Crippen LogP contribution in [0.3, 0.4) is 0 Å². The van der Waals surface area contributed by atoms with Gasteiger partial charge in [0, 0.05) is 30.6 Å². The predicted molar refractivity (Wildman–Crippen MR) is 109 cm³/mol. The Kier molecular flexibility index (Phi) is 6.80. The van der Waals surface area contributed by atoms with E-state index in [9.17, 15) is 9.59 Å². The molecule has 1 aliphatic heterocycles. The van der Waals surface area contributed by atoms with E-state index in [1.807, 2.05) is 23.1 Å². The molecule has 148 valence electrons. The molecule has 2 fully saturated rings. The first-order valence-corrected chi connectivity index (χ1v) is 10.8. The van der Waals surface area contributed by atoms with E-state index in [0.29, 0.717) is 18.1 Å². The van der Waals surface area contributed by atoms with Crippen LogP contribution < -0.4 is 5.32 Å². The van der Waals surface area contributed by atoms with Crippen molar-refractivity contribution in [2.75, 3.05) is 19.6 Å². The van der Waals surface area contributed by atoms with Crippen LogP contribution in [0.25, 0.3) is 0 Å². The Hall–Kier alpha value is -1.55. The molecular formula is C22H31ClN2O2. The van der Waals surface area contributed by atoms with Crippen LogP contribution in [0.5, 0.6) is 0 Å². The maximum Gasteiger partial charge on any atom is 0.233 e. The molecule has 1 heterocycles. The lowest BCUT2D eigenvalue weighted by Gasteiger charge is -2.42. The quantitative estimate of drug-likeness (QED) is 0.814. The predicted octanol–water partition coefficient (Wildman–Crippen LogP) is 4.31. The molecule has 1 aromatic rings. The van der Waals surface area contributed by atoms with Crippen LogP contribution in [0.4, 0.5) is 0 Å². The number of likely N-dealkylation sites (tertiary alicyclic amines) is 1. The normalized spacial score (nSPS) is 20.3. The van der Waals surface area contributed by atoms with Crippen LogP contribution in [0.1, 0.15) is 63.9 Å². The summed E-state index contributed by atoms with van der Waals surface area (Å²) >= 11 is 6.24. The number of nitrogens with one attached hydrogen (secondary N) is 1. The fraction of sp³-hybridized carbons (Fsp3) is 0.636. The van der Waals surface area contributed by atoms with Crippen molar-refractivity contribution < 1.29 is 9.59 Å². The molecule has 2 aliphatic rings. The summed E-state index contributed by atoms with van der Waals surface area (Å²) in [4.78, 5) is 27.8. The van der Waals surface area contributed by atoms with Gasteiger partial charge in [-0.05, 0) is 49.8 Å². The van der Waals surface area contributed by atoms with Crippen LogP contribution in [0.2, 0.25) is 5.02 Å². The number of benzene rings is 1. The van der Waals surface area contributed by atoms with Gasteiger partial charge in [-0.1, -0.05) is 49.9 Å². The number of amides is 2. The van der Waals surface area contributed by atoms with Gasteiger partial charge in [0.15, 0.2) is 0 Å². The van der Waals surface area contributed by atoms with Crippen molar-refractivity contribution >= 4 is 23.4 Å². The second kappa shape index (κ2) is 9.09. The first kappa shape index (κ1) is 20.2. The molecule has 0 bridgehead atoms. The molecule has 1 aliphatic carbocycles. The van der Waals surface area contributed by atoms with E-state index in [4.69, 9.17) is 11.6 Å². The van der Waals surface area contributed by atoms with Gasteiger partial charge in [0.2, 0.25) is 11.8 Å². The van der Waals surface area contributed by atoms with Gasteiger partial charge >= 0.3 is 0 Å². The van der Waals surface area contributed by atoms with E-state index in [1.165, 1.54) is 6.42 Å². The minimum Gasteiger partial charge on any atom is -0.356 e. The summed E-state index contributed by atoms with van der Waals surface area (Å²) in [6.45, 7) is 4.13. The number of rotatable bonds is 5. The highest BCUT2D eigenvalue weighted by molar-refractivity contribution is 6.30. The van der Waals surface area contributed by atoms with Crippen molar-refractivity contribution in [2.45, 2.75) is 63.7 Å². The highest BCUT2D eigenvalue weighted by atomic mass is 35.5. The maximum atomic E-state index is 13.6. The van der Waals surface area contributed by atoms with E-state index in [2.05, 4.69) is 18.3 Å². The SMILES string of the molecule is CCCNC(=O)C1CCN(C(=O)C2(c3cccc(Cl)c3)CCCCC2)CC1. The van der Waals surface area contributed by atoms with Gasteiger partial charge in [-0.2, -0.15) is 0 Å². The molecule has 0 aromatic heterocycles. The molecule has 2 amide bonds. The zero-order chi connectivity index (χ0) is 19.3. The molecule has 0 unspecified atom stereocenters. The Morgan fingerprint density at radius 3 is 2.52 bits per heavy atom. The van der Waals surface area contributed by atoms with Crippen molar-refractivity contribution in [1.82, 2.24) is 10.2 Å². The van der Waals surface area contributed by atoms with E-state index >= 15 is 0 Å². The zero-order valence-corrected chi connectivity index (χ0v) is 17.1. The minimum absolute atomic E-state index is 0.0362. The molecule has 1 saturated carbocycles. The van der Waals surface area contributed by atoms with E-state index in [0.717, 1.165) is 57.1 Å². The molecule has 0 atom stereocenters. The molecule has 1 aromatic carbocycles. The Balaban J connectivity index is 1.72. The van der Waals surface area contributed by atoms with Crippen molar-refractivity contribution in [3.05, 3.63) is 34.9 Å². The number of carbonyl (C=O) groups excluding carboxylic acids is 2. The van der Waals surface area contributed by atoms with Gasteiger partial charge < -0.3 is 10.2 Å². The Labute approximate surface area is 167 Å². The molecule has 27 heavy (non-hydrogen) atoms. The molecule has 1 N–H and O–H groups in total. The fourth-order valence-electron chi connectivity index (χ4n) is 4.61. The van der Waals surface area contributed by atoms with Gasteiger partial charge in [0.25, 0.3) is 0 Å². The Bertz CT molecular complexity index is 662. The first-order chi connectivity index (χ1) is 13.1. The smallest absolute Gasteiger partial charge is 0.233 e. The number of hydrogen-bond donors (Lipinski definition) is 1. The van der Waals surface area contributed by atoms with Crippen molar-refractivity contribution in [3.8, 4) is 0 Å². The van der Waals surface area contributed by atoms with Crippen molar-refractivity contribution in [1.29, 1.82) is 0 Å². The first-order valence-electron chi connectivity index (χ1n) is 10.4. The third-order valence-electron chi connectivity index (χ3n) is 6.20. The van der Waals surface area contributed by atoms with Gasteiger partial charge in [-0.25, -0.2) is 0 Å². The Morgan fingerprint density at radius 1 is 1.19 bits per heavy atom. The number of halogens is 1. The van der Waals surface area contributed by atoms with E-state index < -0.39 is 5.41 Å². The van der Waals surface area contributed by atoms with Crippen molar-refractivity contribution in [3.63, 3.8) is 0 Å². The highest BCUT2D eigenvalue weighted by Crippen LogP contribution is 2.42. The lowest BCUT2D eigenvalue weighted by atomic mass is 9.68. The monoisotopic (exact) mass is 390 g/mol. The highest BCUT2D eigenvalue weighted by Gasteiger charge is 2.44. The zero-order valence-electron chi connectivity index (χ0n) is 16.3. The number of piperidine rings is 1. The summed E-state index contributed by atoms with van der Waals surface area (Å²) in [5.74, 6) is 0.414. The summed E-state index contributed by atoms with van der Waals surface area (Å²) in [5, 5.41) is 3.68. The molecule has 1 saturated heterocycles. The molecular weight excluding hydrogens is 360 g/mol. The van der Waals surface area contributed by atoms with Gasteiger partial charge in [-0.3, -0.25) is 9.59 Å². The van der Waals surface area contributed by atoms with Crippen LogP contribution in [-0.4, -0.2) is 36.3 Å². The summed E-state index contributed by atoms with van der Waals surface area (Å²) in [7, 11) is 0. The van der Waals surface area contributed by atoms with Crippen molar-refractivity contribution in [2.24, 2.45) is 5.92 Å². The largest absolute Gasteiger partial charge is 0.356 e. The standard InChI is InChI=1S/C22H31ClN2O2/c1-2-13-24-20(26)17-9-14-25(15-10-17)21(27)22(11-4-3-5-12-22)18-7-6-8-19(23)16-18/h6-8,16-17H,2-5,9-15H2,1H3,(H,24,26). The maximum absolute atomic E-state index is 13.6. The van der Waals surface area contributed by atoms with Crippen LogP contribution >= 0.6 is 11.6 Å². The van der Waals surface area contributed by atoms with Gasteiger partial charge in [0.05, 0.1) is 5.41 Å². The third-order valence-corrected chi connectivity index (χ3v) is 6.43. The third kappa shape index (κ3) is 4.48. The second-order valence-corrected chi connectivity index (χ2v) is 8.45.